The molecule has 2 aromatic rings. The van der Waals surface area contributed by atoms with Crippen LogP contribution in [0.25, 0.3) is 0 Å². The quantitative estimate of drug-likeness (QED) is 0.920. The second-order valence-corrected chi connectivity index (χ2v) is 6.28. The lowest BCUT2D eigenvalue weighted by Crippen LogP contribution is -2.33. The van der Waals surface area contributed by atoms with Crippen molar-refractivity contribution in [3.8, 4) is 0 Å². The summed E-state index contributed by atoms with van der Waals surface area (Å²) < 4.78 is 7.55. The molecule has 1 N–H and O–H groups in total. The van der Waals surface area contributed by atoms with Gasteiger partial charge in [0.15, 0.2) is 0 Å². The molecule has 1 aliphatic heterocycles. The Labute approximate surface area is 127 Å². The van der Waals surface area contributed by atoms with Crippen molar-refractivity contribution < 1.29 is 9.53 Å². The van der Waals surface area contributed by atoms with Gasteiger partial charge in [0.25, 0.3) is 0 Å². The number of hydrogen-bond donors (Lipinski definition) is 1. The van der Waals surface area contributed by atoms with Gasteiger partial charge in [0, 0.05) is 23.9 Å². The number of fused-ring (bicyclic) bond motifs is 1. The molecule has 1 aliphatic rings. The van der Waals surface area contributed by atoms with Gasteiger partial charge in [-0.25, -0.2) is 4.68 Å². The Bertz CT molecular complexity index is 609. The molecule has 0 radical (unpaired) electrons. The summed E-state index contributed by atoms with van der Waals surface area (Å²) in [6.07, 6.45) is 0.443. The number of hydrogen-bond acceptors (Lipinski definition) is 5. The Morgan fingerprint density at radius 2 is 2.52 bits per heavy atom. The molecule has 0 bridgehead atoms. The molecule has 21 heavy (non-hydrogen) atoms. The predicted octanol–water partition coefficient (Wildman–Crippen LogP) is 1.15. The van der Waals surface area contributed by atoms with Gasteiger partial charge < -0.3 is 10.1 Å². The lowest BCUT2D eigenvalue weighted by Gasteiger charge is -2.14. The summed E-state index contributed by atoms with van der Waals surface area (Å²) in [4.78, 5) is 13.0. The first-order valence-electron chi connectivity index (χ1n) is 6.98. The standard InChI is InChI=1S/C14H18N4O2S/c1-10-13-9-20-8-11(7-18(13)17-16-10)6-15-14(19)5-12-3-2-4-21-12/h2-4,11H,5-9H2,1H3,(H,15,19). The minimum Gasteiger partial charge on any atom is -0.375 e. The maximum atomic E-state index is 11.9. The minimum atomic E-state index is 0.0525. The third-order valence-electron chi connectivity index (χ3n) is 3.56. The molecule has 0 aromatic carbocycles. The molecule has 1 amide bonds. The van der Waals surface area contributed by atoms with Crippen molar-refractivity contribution in [2.45, 2.75) is 26.5 Å². The molecule has 1 atom stereocenters. The predicted molar refractivity (Wildman–Crippen MR) is 78.9 cm³/mol. The smallest absolute Gasteiger partial charge is 0.225 e. The summed E-state index contributed by atoms with van der Waals surface area (Å²) in [5.41, 5.74) is 1.94. The van der Waals surface area contributed by atoms with Gasteiger partial charge in [0.2, 0.25) is 5.91 Å². The Kier molecular flexibility index (Phi) is 4.31. The zero-order valence-corrected chi connectivity index (χ0v) is 12.7. The third kappa shape index (κ3) is 3.48. The van der Waals surface area contributed by atoms with E-state index in [1.165, 1.54) is 0 Å². The first kappa shape index (κ1) is 14.2. The van der Waals surface area contributed by atoms with Gasteiger partial charge in [-0.1, -0.05) is 11.3 Å². The lowest BCUT2D eigenvalue weighted by atomic mass is 10.1. The number of ether oxygens (including phenoxy) is 1. The average Bonchev–Trinajstić information content (AvgIpc) is 3.03. The lowest BCUT2D eigenvalue weighted by molar-refractivity contribution is -0.120. The van der Waals surface area contributed by atoms with Gasteiger partial charge >= 0.3 is 0 Å². The molecule has 0 aliphatic carbocycles. The highest BCUT2D eigenvalue weighted by Crippen LogP contribution is 2.14. The molecule has 2 aromatic heterocycles. The molecule has 0 saturated heterocycles. The van der Waals surface area contributed by atoms with Crippen LogP contribution in [0.4, 0.5) is 0 Å². The second-order valence-electron chi connectivity index (χ2n) is 5.25. The van der Waals surface area contributed by atoms with E-state index in [2.05, 4.69) is 15.6 Å². The van der Waals surface area contributed by atoms with Crippen LogP contribution in [0.2, 0.25) is 0 Å². The van der Waals surface area contributed by atoms with Crippen molar-refractivity contribution in [1.82, 2.24) is 20.3 Å². The number of carbonyl (C=O) groups is 1. The van der Waals surface area contributed by atoms with Gasteiger partial charge in [-0.05, 0) is 18.4 Å². The van der Waals surface area contributed by atoms with E-state index in [-0.39, 0.29) is 11.8 Å². The van der Waals surface area contributed by atoms with Crippen molar-refractivity contribution in [3.63, 3.8) is 0 Å². The first-order valence-corrected chi connectivity index (χ1v) is 7.86. The first-order chi connectivity index (χ1) is 10.2. The van der Waals surface area contributed by atoms with Gasteiger partial charge in [0.1, 0.15) is 0 Å². The highest BCUT2D eigenvalue weighted by Gasteiger charge is 2.20. The summed E-state index contributed by atoms with van der Waals surface area (Å²) in [7, 11) is 0. The van der Waals surface area contributed by atoms with Crippen molar-refractivity contribution in [2.24, 2.45) is 5.92 Å². The molecule has 7 heteroatoms. The van der Waals surface area contributed by atoms with Gasteiger partial charge in [0.05, 0.1) is 31.0 Å². The van der Waals surface area contributed by atoms with Crippen molar-refractivity contribution >= 4 is 17.2 Å². The molecular formula is C14H18N4O2S. The van der Waals surface area contributed by atoms with Gasteiger partial charge in [-0.2, -0.15) is 0 Å². The van der Waals surface area contributed by atoms with Crippen LogP contribution >= 0.6 is 11.3 Å². The molecule has 0 fully saturated rings. The highest BCUT2D eigenvalue weighted by molar-refractivity contribution is 7.10. The second kappa shape index (κ2) is 6.36. The van der Waals surface area contributed by atoms with E-state index in [9.17, 15) is 4.79 Å². The number of nitrogens with one attached hydrogen (secondary N) is 1. The number of amides is 1. The average molecular weight is 306 g/mol. The number of nitrogens with zero attached hydrogens (tertiary/aromatic N) is 3. The SMILES string of the molecule is Cc1nnn2c1COCC(CNC(=O)Cc1cccs1)C2. The largest absolute Gasteiger partial charge is 0.375 e. The maximum Gasteiger partial charge on any atom is 0.225 e. The van der Waals surface area contributed by atoms with Crippen LogP contribution in [-0.2, 0) is 29.1 Å². The van der Waals surface area contributed by atoms with Crippen LogP contribution in [0, 0.1) is 12.8 Å². The number of aryl methyl sites for hydroxylation is 1. The number of aromatic nitrogens is 3. The van der Waals surface area contributed by atoms with Crippen molar-refractivity contribution in [1.29, 1.82) is 0 Å². The summed E-state index contributed by atoms with van der Waals surface area (Å²) in [5.74, 6) is 0.274. The van der Waals surface area contributed by atoms with E-state index in [0.29, 0.717) is 26.2 Å². The zero-order chi connectivity index (χ0) is 14.7. The van der Waals surface area contributed by atoms with Gasteiger partial charge in [-0.3, -0.25) is 4.79 Å². The van der Waals surface area contributed by atoms with E-state index in [1.54, 1.807) is 11.3 Å². The Morgan fingerprint density at radius 1 is 1.62 bits per heavy atom. The number of rotatable bonds is 4. The Hall–Kier alpha value is -1.73. The van der Waals surface area contributed by atoms with E-state index >= 15 is 0 Å². The topological polar surface area (TPSA) is 69.0 Å². The number of carbonyl (C=O) groups excluding carboxylic acids is 1. The highest BCUT2D eigenvalue weighted by atomic mass is 32.1. The van der Waals surface area contributed by atoms with E-state index < -0.39 is 0 Å². The van der Waals surface area contributed by atoms with Crippen LogP contribution in [0.5, 0.6) is 0 Å². The van der Waals surface area contributed by atoms with Gasteiger partial charge in [-0.15, -0.1) is 16.4 Å². The fraction of sp³-hybridized carbons (Fsp3) is 0.500. The fourth-order valence-electron chi connectivity index (χ4n) is 2.38. The molecule has 3 rings (SSSR count). The van der Waals surface area contributed by atoms with Crippen LogP contribution in [-0.4, -0.2) is 34.1 Å². The van der Waals surface area contributed by atoms with Crippen LogP contribution in [0.3, 0.4) is 0 Å². The van der Waals surface area contributed by atoms with Crippen LogP contribution in [0.15, 0.2) is 17.5 Å². The maximum absolute atomic E-state index is 11.9. The molecule has 0 saturated carbocycles. The van der Waals surface area contributed by atoms with E-state index in [1.807, 2.05) is 29.1 Å². The molecule has 112 valence electrons. The minimum absolute atomic E-state index is 0.0525. The zero-order valence-electron chi connectivity index (χ0n) is 11.9. The molecule has 0 spiro atoms. The van der Waals surface area contributed by atoms with Crippen molar-refractivity contribution in [3.05, 3.63) is 33.8 Å². The molecular weight excluding hydrogens is 288 g/mol. The monoisotopic (exact) mass is 306 g/mol. The van der Waals surface area contributed by atoms with Crippen molar-refractivity contribution in [2.75, 3.05) is 13.2 Å². The summed E-state index contributed by atoms with van der Waals surface area (Å²) in [6, 6.07) is 3.93. The van der Waals surface area contributed by atoms with Crippen LogP contribution < -0.4 is 5.32 Å². The van der Waals surface area contributed by atoms with E-state index in [0.717, 1.165) is 22.8 Å². The fourth-order valence-corrected chi connectivity index (χ4v) is 3.08. The third-order valence-corrected chi connectivity index (χ3v) is 4.43. The number of thiophene rings is 1. The molecule has 3 heterocycles. The molecule has 1 unspecified atom stereocenters. The molecule has 6 nitrogen and oxygen atoms in total. The summed E-state index contributed by atoms with van der Waals surface area (Å²) >= 11 is 1.60. The Balaban J connectivity index is 1.52. The summed E-state index contributed by atoms with van der Waals surface area (Å²) in [6.45, 7) is 4.43. The van der Waals surface area contributed by atoms with Crippen LogP contribution in [0.1, 0.15) is 16.3 Å². The normalized spacial score (nSPS) is 18.0. The van der Waals surface area contributed by atoms with E-state index in [4.69, 9.17) is 4.74 Å². The summed E-state index contributed by atoms with van der Waals surface area (Å²) in [5, 5.41) is 13.2. The Morgan fingerprint density at radius 3 is 3.33 bits per heavy atom.